The molecule has 0 saturated heterocycles. The molecule has 1 radical (unpaired) electrons. The molecule has 0 unspecified atom stereocenters. The molecule has 4 aromatic carbocycles. The van der Waals surface area contributed by atoms with E-state index in [0.29, 0.717) is 6.43 Å². The van der Waals surface area contributed by atoms with Crippen LogP contribution in [0.2, 0.25) is 0 Å². The average Bonchev–Trinajstić information content (AvgIpc) is 2.74. The Morgan fingerprint density at radius 3 is 1.04 bits per heavy atom. The number of benzene rings is 4. The monoisotopic (exact) mass is 351 g/mol. The fraction of sp³-hybridized carbons (Fsp3) is 0. The molecular formula is C24H21BP. The van der Waals surface area contributed by atoms with Gasteiger partial charge in [0.05, 0.1) is 10.6 Å². The third-order valence-corrected chi connectivity index (χ3v) is 7.88. The van der Waals surface area contributed by atoms with Crippen molar-refractivity contribution in [2.45, 2.75) is 0 Å². The first-order chi connectivity index (χ1) is 12.9. The molecule has 0 aliphatic rings. The van der Waals surface area contributed by atoms with Crippen LogP contribution in [0.3, 0.4) is 0 Å². The second kappa shape index (κ2) is 8.17. The first-order valence-electron chi connectivity index (χ1n) is 9.01. The van der Waals surface area contributed by atoms with Gasteiger partial charge in [-0.25, -0.2) is 0 Å². The number of hydrogen-bond donors (Lipinski definition) is 0. The Hall–Kier alpha value is -2.63. The van der Waals surface area contributed by atoms with E-state index >= 15 is 0 Å². The van der Waals surface area contributed by atoms with Crippen LogP contribution in [0, 0.1) is 0 Å². The number of hydrogen-bond acceptors (Lipinski definition) is 0. The molecule has 4 rings (SSSR count). The van der Waals surface area contributed by atoms with Crippen molar-refractivity contribution in [3.8, 4) is 0 Å². The summed E-state index contributed by atoms with van der Waals surface area (Å²) in [6.07, 6.45) is 0.368. The molecule has 0 atom stereocenters. The van der Waals surface area contributed by atoms with Gasteiger partial charge in [-0.1, -0.05) is 97.1 Å². The van der Waals surface area contributed by atoms with E-state index in [2.05, 4.69) is 121 Å². The fourth-order valence-corrected chi connectivity index (χ4v) is 6.71. The summed E-state index contributed by atoms with van der Waals surface area (Å²) in [6.45, 7) is 0. The molecule has 0 heterocycles. The summed E-state index contributed by atoms with van der Waals surface area (Å²) in [5.74, 6) is 0. The first kappa shape index (κ1) is 16.8. The van der Waals surface area contributed by atoms with Crippen LogP contribution >= 0.6 is 7.80 Å². The normalized spacial score (nSPS) is 11.0. The molecule has 0 amide bonds. The van der Waals surface area contributed by atoms with Gasteiger partial charge >= 0.3 is 0 Å². The highest BCUT2D eigenvalue weighted by Gasteiger charge is 2.26. The van der Waals surface area contributed by atoms with Gasteiger partial charge in [0, 0.05) is 0 Å². The molecule has 0 spiro atoms. The summed E-state index contributed by atoms with van der Waals surface area (Å²) in [5, 5.41) is 2.89. The molecule has 0 aromatic heterocycles. The van der Waals surface area contributed by atoms with Crippen LogP contribution in [0.1, 0.15) is 0 Å². The Labute approximate surface area is 157 Å². The molecule has 4 aromatic rings. The minimum absolute atomic E-state index is 0.368. The Balaban J connectivity index is 1.93. The van der Waals surface area contributed by atoms with Crippen molar-refractivity contribution in [3.05, 3.63) is 121 Å². The van der Waals surface area contributed by atoms with Gasteiger partial charge in [0.2, 0.25) is 0 Å². The molecule has 0 fully saturated rings. The maximum atomic E-state index is 2.29. The zero-order chi connectivity index (χ0) is 17.6. The van der Waals surface area contributed by atoms with E-state index in [4.69, 9.17) is 0 Å². The van der Waals surface area contributed by atoms with Gasteiger partial charge in [-0.2, -0.15) is 10.9 Å². The predicted octanol–water partition coefficient (Wildman–Crippen LogP) is 3.66. The van der Waals surface area contributed by atoms with Crippen molar-refractivity contribution in [3.63, 3.8) is 0 Å². The summed E-state index contributed by atoms with van der Waals surface area (Å²) in [7, 11) is -1.04. The second-order valence-electron chi connectivity index (χ2n) is 6.40. The van der Waals surface area contributed by atoms with Crippen molar-refractivity contribution in [1.82, 2.24) is 0 Å². The van der Waals surface area contributed by atoms with E-state index in [9.17, 15) is 0 Å². The maximum absolute atomic E-state index is 2.29. The lowest BCUT2D eigenvalue weighted by Gasteiger charge is -2.31. The zero-order valence-electron chi connectivity index (χ0n) is 14.6. The largest absolute Gasteiger partial charge is 0.189 e. The molecule has 0 N–H and O–H groups in total. The number of rotatable bonds is 5. The quantitative estimate of drug-likeness (QED) is 0.380. The summed E-state index contributed by atoms with van der Waals surface area (Å²) < 4.78 is 0. The highest BCUT2D eigenvalue weighted by atomic mass is 31.1. The highest BCUT2D eigenvalue weighted by Crippen LogP contribution is 2.36. The Morgan fingerprint density at radius 1 is 0.385 bits per heavy atom. The summed E-state index contributed by atoms with van der Waals surface area (Å²) in [5.41, 5.74) is 2.78. The lowest BCUT2D eigenvalue weighted by Crippen LogP contribution is -2.45. The molecule has 0 nitrogen and oxygen atoms in total. The van der Waals surface area contributed by atoms with Gasteiger partial charge in [-0.15, -0.1) is 7.80 Å². The lowest BCUT2D eigenvalue weighted by atomic mass is 9.62. The van der Waals surface area contributed by atoms with E-state index in [0.717, 1.165) is 0 Å². The van der Waals surface area contributed by atoms with Gasteiger partial charge in [0.15, 0.2) is 0 Å². The van der Waals surface area contributed by atoms with Crippen LogP contribution in [-0.2, 0) is 0 Å². The third kappa shape index (κ3) is 3.64. The molecule has 0 bridgehead atoms. The van der Waals surface area contributed by atoms with Crippen LogP contribution in [0.15, 0.2) is 121 Å². The average molecular weight is 351 g/mol. The van der Waals surface area contributed by atoms with Gasteiger partial charge < -0.3 is 0 Å². The van der Waals surface area contributed by atoms with Crippen molar-refractivity contribution in [2.75, 3.05) is 0 Å². The molecule has 0 aliphatic carbocycles. The molecular weight excluding hydrogens is 330 g/mol. The molecule has 0 aliphatic heterocycles. The topological polar surface area (TPSA) is 0 Å². The zero-order valence-corrected chi connectivity index (χ0v) is 15.6. The van der Waals surface area contributed by atoms with Crippen LogP contribution in [0.25, 0.3) is 0 Å². The fourth-order valence-electron chi connectivity index (χ4n) is 3.55. The summed E-state index contributed by atoms with van der Waals surface area (Å²) in [4.78, 5) is 0. The molecule has 2 heteroatoms. The van der Waals surface area contributed by atoms with Crippen LogP contribution in [-0.4, -0.2) is 6.43 Å². The molecule has 0 saturated carbocycles. The van der Waals surface area contributed by atoms with E-state index in [1.54, 1.807) is 0 Å². The van der Waals surface area contributed by atoms with E-state index in [1.165, 1.54) is 21.5 Å². The van der Waals surface area contributed by atoms with Crippen LogP contribution < -0.4 is 21.5 Å². The van der Waals surface area contributed by atoms with Crippen molar-refractivity contribution >= 4 is 35.8 Å². The van der Waals surface area contributed by atoms with E-state index in [-0.39, 0.29) is 0 Å². The van der Waals surface area contributed by atoms with E-state index < -0.39 is 7.80 Å². The van der Waals surface area contributed by atoms with E-state index in [1.807, 2.05) is 0 Å². The van der Waals surface area contributed by atoms with Crippen LogP contribution in [0.4, 0.5) is 0 Å². The second-order valence-corrected chi connectivity index (χ2v) is 8.96. The molecule has 26 heavy (non-hydrogen) atoms. The Kier molecular flexibility index (Phi) is 5.29. The third-order valence-electron chi connectivity index (χ3n) is 4.72. The maximum Gasteiger partial charge on any atom is 0.142 e. The summed E-state index contributed by atoms with van der Waals surface area (Å²) >= 11 is 0. The first-order valence-corrected chi connectivity index (χ1v) is 10.6. The summed E-state index contributed by atoms with van der Waals surface area (Å²) in [6, 6.07) is 43.9. The minimum Gasteiger partial charge on any atom is -0.189 e. The van der Waals surface area contributed by atoms with Crippen molar-refractivity contribution in [1.29, 1.82) is 0 Å². The van der Waals surface area contributed by atoms with Gasteiger partial charge in [0.25, 0.3) is 0 Å². The minimum atomic E-state index is -1.04. The van der Waals surface area contributed by atoms with Crippen molar-refractivity contribution < 1.29 is 0 Å². The molecule has 125 valence electrons. The van der Waals surface area contributed by atoms with Gasteiger partial charge in [-0.3, -0.25) is 0 Å². The highest BCUT2D eigenvalue weighted by molar-refractivity contribution is 8.04. The van der Waals surface area contributed by atoms with Gasteiger partial charge in [-0.05, 0) is 24.3 Å². The Bertz CT molecular complexity index is 765. The SMILES string of the molecule is c1ccc([B-](c2ccccc2)[PH+](c2ccccc2)c2ccccc2)cc1. The lowest BCUT2D eigenvalue weighted by molar-refractivity contribution is 1.74. The van der Waals surface area contributed by atoms with Gasteiger partial charge in [0.1, 0.15) is 6.43 Å². The standard InChI is InChI=1S/C24H21BP/c1-5-13-21(14-6-1)25(22-15-7-2-8-16-22)26(23-17-9-3-10-18-23)24-19-11-4-12-20-24/h1-20,26H. The Morgan fingerprint density at radius 2 is 0.692 bits per heavy atom. The predicted molar refractivity (Wildman–Crippen MR) is 118 cm³/mol. The van der Waals surface area contributed by atoms with Crippen LogP contribution in [0.5, 0.6) is 0 Å². The smallest absolute Gasteiger partial charge is 0.142 e. The van der Waals surface area contributed by atoms with Crippen molar-refractivity contribution in [2.24, 2.45) is 0 Å².